The lowest BCUT2D eigenvalue weighted by Crippen LogP contribution is -2.17. The van der Waals surface area contributed by atoms with Gasteiger partial charge in [-0.3, -0.25) is 10.2 Å². The summed E-state index contributed by atoms with van der Waals surface area (Å²) in [4.78, 5) is 20.9. The summed E-state index contributed by atoms with van der Waals surface area (Å²) in [5, 5.41) is 20.1. The Morgan fingerprint density at radius 2 is 2.04 bits per heavy atom. The molecule has 2 heterocycles. The molecule has 8 heteroatoms. The number of benzene rings is 1. The quantitative estimate of drug-likeness (QED) is 0.473. The first kappa shape index (κ1) is 18.8. The van der Waals surface area contributed by atoms with Crippen molar-refractivity contribution in [2.45, 2.75) is 20.8 Å². The van der Waals surface area contributed by atoms with Gasteiger partial charge in [0.05, 0.1) is 11.3 Å². The molecule has 28 heavy (non-hydrogen) atoms. The first-order valence-corrected chi connectivity index (χ1v) is 8.40. The van der Waals surface area contributed by atoms with Gasteiger partial charge in [-0.15, -0.1) is 0 Å². The molecular formula is C20H18N6O2. The van der Waals surface area contributed by atoms with Crippen LogP contribution in [0.25, 0.3) is 0 Å². The van der Waals surface area contributed by atoms with Crippen molar-refractivity contribution in [1.29, 1.82) is 10.7 Å². The predicted octanol–water partition coefficient (Wildman–Crippen LogP) is 3.12. The lowest BCUT2D eigenvalue weighted by molar-refractivity contribution is 0.102. The first-order valence-electron chi connectivity index (χ1n) is 8.40. The van der Waals surface area contributed by atoms with E-state index in [1.54, 1.807) is 39.0 Å². The predicted molar refractivity (Wildman–Crippen MR) is 104 cm³/mol. The molecule has 0 atom stereocenters. The first-order chi connectivity index (χ1) is 13.3. The highest BCUT2D eigenvalue weighted by atomic mass is 16.3. The fourth-order valence-corrected chi connectivity index (χ4v) is 2.67. The Balaban J connectivity index is 1.90. The number of oxazole rings is 1. The van der Waals surface area contributed by atoms with E-state index in [0.29, 0.717) is 39.3 Å². The third-order valence-corrected chi connectivity index (χ3v) is 4.39. The highest BCUT2D eigenvalue weighted by molar-refractivity contribution is 6.12. The minimum Gasteiger partial charge on any atom is -0.443 e. The highest BCUT2D eigenvalue weighted by Gasteiger charge is 2.18. The Hall–Kier alpha value is -3.99. The van der Waals surface area contributed by atoms with Gasteiger partial charge in [0.2, 0.25) is 5.89 Å². The number of nitrogens with two attached hydrogens (primary N) is 1. The van der Waals surface area contributed by atoms with Crippen LogP contribution in [0.1, 0.15) is 44.3 Å². The van der Waals surface area contributed by atoms with Crippen molar-refractivity contribution in [1.82, 2.24) is 9.97 Å². The second-order valence-electron chi connectivity index (χ2n) is 6.31. The number of carbonyl (C=O) groups is 1. The molecular weight excluding hydrogens is 356 g/mol. The molecule has 0 aliphatic rings. The fraction of sp³-hybridized carbons (Fsp3) is 0.150. The summed E-state index contributed by atoms with van der Waals surface area (Å²) in [5.41, 5.74) is 9.86. The summed E-state index contributed by atoms with van der Waals surface area (Å²) in [6, 6.07) is 6.87. The van der Waals surface area contributed by atoms with Crippen LogP contribution in [-0.4, -0.2) is 21.6 Å². The smallest absolute Gasteiger partial charge is 0.274 e. The van der Waals surface area contributed by atoms with Crippen LogP contribution in [0.3, 0.4) is 0 Å². The monoisotopic (exact) mass is 374 g/mol. The Bertz CT molecular complexity index is 1140. The second kappa shape index (κ2) is 7.32. The maximum atomic E-state index is 12.7. The van der Waals surface area contributed by atoms with E-state index >= 15 is 0 Å². The van der Waals surface area contributed by atoms with Gasteiger partial charge in [0.25, 0.3) is 5.91 Å². The molecule has 1 aromatic carbocycles. The number of pyridine rings is 1. The molecule has 0 spiro atoms. The van der Waals surface area contributed by atoms with E-state index in [0.717, 1.165) is 0 Å². The zero-order chi connectivity index (χ0) is 20.4. The number of carbonyl (C=O) groups excluding carboxylic acids is 1. The van der Waals surface area contributed by atoms with Crippen molar-refractivity contribution < 1.29 is 9.21 Å². The molecule has 0 bridgehead atoms. The second-order valence-corrected chi connectivity index (χ2v) is 6.31. The number of nitrogens with zero attached hydrogens (tertiary/aromatic N) is 3. The minimum absolute atomic E-state index is 0.0187. The number of rotatable bonds is 4. The molecule has 8 nitrogen and oxygen atoms in total. The largest absolute Gasteiger partial charge is 0.443 e. The summed E-state index contributed by atoms with van der Waals surface area (Å²) >= 11 is 0. The van der Waals surface area contributed by atoms with Crippen molar-refractivity contribution >= 4 is 23.0 Å². The Kier molecular flexibility index (Phi) is 4.92. The van der Waals surface area contributed by atoms with Crippen LogP contribution in [0.4, 0.5) is 11.4 Å². The van der Waals surface area contributed by atoms with Crippen LogP contribution in [-0.2, 0) is 0 Å². The van der Waals surface area contributed by atoms with Gasteiger partial charge in [0, 0.05) is 23.1 Å². The molecule has 3 aromatic rings. The fourth-order valence-electron chi connectivity index (χ4n) is 2.67. The standard InChI is InChI=1S/C20H18N6O2/c1-10-9-28-20(25-10)17(23)15-6-14(4-5-16(15)22)26-19(27)18-12(3)11(2)13(7-21)8-24-18/h4-6,8-9,23H,22H2,1-3H3,(H,26,27). The van der Waals surface area contributed by atoms with Gasteiger partial charge in [0.15, 0.2) is 0 Å². The number of aryl methyl sites for hydroxylation is 1. The van der Waals surface area contributed by atoms with E-state index in [4.69, 9.17) is 20.8 Å². The lowest BCUT2D eigenvalue weighted by atomic mass is 10.0. The van der Waals surface area contributed by atoms with Gasteiger partial charge in [-0.2, -0.15) is 5.26 Å². The lowest BCUT2D eigenvalue weighted by Gasteiger charge is -2.12. The SMILES string of the molecule is Cc1coc(C(=N)c2cc(NC(=O)c3ncc(C#N)c(C)c3C)ccc2N)n1. The summed E-state index contributed by atoms with van der Waals surface area (Å²) in [7, 11) is 0. The molecule has 0 aliphatic carbocycles. The summed E-state index contributed by atoms with van der Waals surface area (Å²) in [6.45, 7) is 5.27. The molecule has 4 N–H and O–H groups in total. The molecule has 0 saturated heterocycles. The van der Waals surface area contributed by atoms with Gasteiger partial charge in [-0.1, -0.05) is 0 Å². The van der Waals surface area contributed by atoms with Gasteiger partial charge in [0.1, 0.15) is 23.7 Å². The Morgan fingerprint density at radius 1 is 1.29 bits per heavy atom. The van der Waals surface area contributed by atoms with Crippen molar-refractivity contribution in [3.63, 3.8) is 0 Å². The van der Waals surface area contributed by atoms with Gasteiger partial charge >= 0.3 is 0 Å². The topological polar surface area (TPSA) is 142 Å². The van der Waals surface area contributed by atoms with Crippen molar-refractivity contribution in [3.05, 3.63) is 70.2 Å². The van der Waals surface area contributed by atoms with Crippen LogP contribution < -0.4 is 11.1 Å². The van der Waals surface area contributed by atoms with Gasteiger partial charge in [-0.25, -0.2) is 9.97 Å². The van der Waals surface area contributed by atoms with E-state index in [-0.39, 0.29) is 17.3 Å². The zero-order valence-corrected chi connectivity index (χ0v) is 15.6. The summed E-state index contributed by atoms with van der Waals surface area (Å²) < 4.78 is 5.26. The van der Waals surface area contributed by atoms with Crippen LogP contribution in [0, 0.1) is 37.5 Å². The molecule has 0 fully saturated rings. The molecule has 0 unspecified atom stereocenters. The summed E-state index contributed by atoms with van der Waals surface area (Å²) in [6.07, 6.45) is 2.83. The minimum atomic E-state index is -0.417. The average Bonchev–Trinajstić information content (AvgIpc) is 3.11. The normalized spacial score (nSPS) is 10.4. The molecule has 3 rings (SSSR count). The Labute approximate surface area is 161 Å². The van der Waals surface area contributed by atoms with E-state index in [1.807, 2.05) is 6.07 Å². The number of nitrogens with one attached hydrogen (secondary N) is 2. The third-order valence-electron chi connectivity index (χ3n) is 4.39. The van der Waals surface area contributed by atoms with Gasteiger partial charge < -0.3 is 15.5 Å². The highest BCUT2D eigenvalue weighted by Crippen LogP contribution is 2.22. The number of hydrogen-bond donors (Lipinski definition) is 3. The van der Waals surface area contributed by atoms with Crippen LogP contribution in [0.5, 0.6) is 0 Å². The number of nitrogen functional groups attached to an aromatic ring is 1. The van der Waals surface area contributed by atoms with E-state index in [9.17, 15) is 4.79 Å². The molecule has 1 amide bonds. The zero-order valence-electron chi connectivity index (χ0n) is 15.6. The molecule has 0 radical (unpaired) electrons. The summed E-state index contributed by atoms with van der Waals surface area (Å²) in [5.74, 6) is -0.271. The third kappa shape index (κ3) is 3.46. The average molecular weight is 374 g/mol. The van der Waals surface area contributed by atoms with Crippen molar-refractivity contribution in [3.8, 4) is 6.07 Å². The molecule has 0 aliphatic heterocycles. The maximum Gasteiger partial charge on any atom is 0.274 e. The van der Waals surface area contributed by atoms with Gasteiger partial charge in [-0.05, 0) is 50.1 Å². The van der Waals surface area contributed by atoms with E-state index in [2.05, 4.69) is 15.3 Å². The molecule has 140 valence electrons. The van der Waals surface area contributed by atoms with Crippen LogP contribution in [0.2, 0.25) is 0 Å². The number of aromatic nitrogens is 2. The maximum absolute atomic E-state index is 12.7. The Morgan fingerprint density at radius 3 is 2.68 bits per heavy atom. The number of nitriles is 1. The molecule has 0 saturated carbocycles. The van der Waals surface area contributed by atoms with Crippen LogP contribution in [0.15, 0.2) is 35.1 Å². The van der Waals surface area contributed by atoms with Crippen molar-refractivity contribution in [2.75, 3.05) is 11.1 Å². The van der Waals surface area contributed by atoms with E-state index in [1.165, 1.54) is 12.5 Å². The van der Waals surface area contributed by atoms with Crippen LogP contribution >= 0.6 is 0 Å². The van der Waals surface area contributed by atoms with Crippen molar-refractivity contribution in [2.24, 2.45) is 0 Å². The number of hydrogen-bond acceptors (Lipinski definition) is 7. The molecule has 2 aromatic heterocycles. The number of anilines is 2. The van der Waals surface area contributed by atoms with E-state index < -0.39 is 5.91 Å². The number of amides is 1.